The van der Waals surface area contributed by atoms with Crippen molar-refractivity contribution in [3.63, 3.8) is 0 Å². The highest BCUT2D eigenvalue weighted by atomic mass is 35.5. The fraction of sp³-hybridized carbons (Fsp3) is 0.0556. The number of aromatic nitrogens is 1. The maximum absolute atomic E-state index is 14.4. The van der Waals surface area contributed by atoms with Gasteiger partial charge in [0.1, 0.15) is 17.3 Å². The normalized spacial score (nSPS) is 11.1. The molecule has 0 radical (unpaired) electrons. The summed E-state index contributed by atoms with van der Waals surface area (Å²) in [7, 11) is 0. The summed E-state index contributed by atoms with van der Waals surface area (Å²) in [6, 6.07) is 8.55. The van der Waals surface area contributed by atoms with Crippen molar-refractivity contribution < 1.29 is 26.7 Å². The standard InChI is InChI=1S/C18H11F5N2O.ClH/c19-12-7-10(9-1-3-11(4-2-9)18(21,22)23)8-13(20)16(12)14-5-6-15(25-14)17(24)26;/h1-8,25H,(H2,24,26);1H. The third-order valence-corrected chi connectivity index (χ3v) is 3.81. The molecule has 0 atom stereocenters. The van der Waals surface area contributed by atoms with E-state index in [1.165, 1.54) is 12.1 Å². The predicted octanol–water partition coefficient (Wildman–Crippen LogP) is 5.17. The molecule has 0 aliphatic rings. The van der Waals surface area contributed by atoms with Crippen LogP contribution < -0.4 is 5.73 Å². The number of H-pyrrole nitrogens is 1. The Kier molecular flexibility index (Phi) is 5.60. The summed E-state index contributed by atoms with van der Waals surface area (Å²) in [5.74, 6) is -2.64. The highest BCUT2D eigenvalue weighted by Gasteiger charge is 2.30. The van der Waals surface area contributed by atoms with E-state index in [9.17, 15) is 26.7 Å². The van der Waals surface area contributed by atoms with Crippen LogP contribution in [0, 0.1) is 11.6 Å². The maximum Gasteiger partial charge on any atom is 0.416 e. The lowest BCUT2D eigenvalue weighted by molar-refractivity contribution is -0.137. The first-order valence-corrected chi connectivity index (χ1v) is 7.32. The van der Waals surface area contributed by atoms with Crippen LogP contribution in [0.2, 0.25) is 0 Å². The molecule has 3 aromatic rings. The Bertz CT molecular complexity index is 957. The van der Waals surface area contributed by atoms with Crippen LogP contribution in [0.5, 0.6) is 0 Å². The van der Waals surface area contributed by atoms with Crippen molar-refractivity contribution in [2.45, 2.75) is 6.18 Å². The Labute approximate surface area is 156 Å². The summed E-state index contributed by atoms with van der Waals surface area (Å²) in [6.07, 6.45) is -4.50. The number of halogens is 6. The largest absolute Gasteiger partial charge is 0.416 e. The van der Waals surface area contributed by atoms with Crippen LogP contribution in [0.3, 0.4) is 0 Å². The molecular formula is C18H12ClF5N2O. The Balaban J connectivity index is 0.00000261. The average molecular weight is 403 g/mol. The molecule has 2 aromatic carbocycles. The summed E-state index contributed by atoms with van der Waals surface area (Å²) in [6.45, 7) is 0. The number of carbonyl (C=O) groups is 1. The van der Waals surface area contributed by atoms with Crippen molar-refractivity contribution in [3.05, 3.63) is 71.4 Å². The fourth-order valence-electron chi connectivity index (χ4n) is 2.53. The second-order valence-electron chi connectivity index (χ2n) is 5.54. The minimum absolute atomic E-state index is 0. The van der Waals surface area contributed by atoms with Crippen LogP contribution in [0.25, 0.3) is 22.4 Å². The van der Waals surface area contributed by atoms with Crippen LogP contribution in [-0.4, -0.2) is 10.9 Å². The molecule has 3 rings (SSSR count). The van der Waals surface area contributed by atoms with E-state index in [-0.39, 0.29) is 34.9 Å². The smallest absolute Gasteiger partial charge is 0.364 e. The number of nitrogens with one attached hydrogen (secondary N) is 1. The van der Waals surface area contributed by atoms with Gasteiger partial charge in [0.25, 0.3) is 5.91 Å². The number of aromatic amines is 1. The fourth-order valence-corrected chi connectivity index (χ4v) is 2.53. The van der Waals surface area contributed by atoms with Crippen molar-refractivity contribution >= 4 is 18.3 Å². The van der Waals surface area contributed by atoms with E-state index in [1.54, 1.807) is 0 Å². The van der Waals surface area contributed by atoms with Crippen LogP contribution in [0.4, 0.5) is 22.0 Å². The van der Waals surface area contributed by atoms with Crippen molar-refractivity contribution in [1.29, 1.82) is 0 Å². The topological polar surface area (TPSA) is 58.9 Å². The highest BCUT2D eigenvalue weighted by Crippen LogP contribution is 2.33. The van der Waals surface area contributed by atoms with Gasteiger partial charge < -0.3 is 10.7 Å². The molecular weight excluding hydrogens is 391 g/mol. The van der Waals surface area contributed by atoms with E-state index in [4.69, 9.17) is 5.73 Å². The molecule has 0 spiro atoms. The van der Waals surface area contributed by atoms with Gasteiger partial charge in [-0.2, -0.15) is 13.2 Å². The molecule has 0 bridgehead atoms. The van der Waals surface area contributed by atoms with Crippen molar-refractivity contribution in [2.75, 3.05) is 0 Å². The van der Waals surface area contributed by atoms with E-state index >= 15 is 0 Å². The first-order chi connectivity index (χ1) is 12.2. The lowest BCUT2D eigenvalue weighted by atomic mass is 10.0. The SMILES string of the molecule is Cl.NC(=O)c1ccc(-c2c(F)cc(-c3ccc(C(F)(F)F)cc3)cc2F)[nH]1. The first-order valence-electron chi connectivity index (χ1n) is 7.32. The van der Waals surface area contributed by atoms with Gasteiger partial charge in [-0.25, -0.2) is 8.78 Å². The third-order valence-electron chi connectivity index (χ3n) is 3.81. The van der Waals surface area contributed by atoms with Gasteiger partial charge in [-0.1, -0.05) is 12.1 Å². The molecule has 0 saturated carbocycles. The number of hydrogen-bond donors (Lipinski definition) is 2. The van der Waals surface area contributed by atoms with Crippen LogP contribution in [0.1, 0.15) is 16.1 Å². The van der Waals surface area contributed by atoms with Crippen LogP contribution in [-0.2, 0) is 6.18 Å². The second-order valence-corrected chi connectivity index (χ2v) is 5.54. The van der Waals surface area contributed by atoms with E-state index < -0.39 is 34.8 Å². The molecule has 0 fully saturated rings. The maximum atomic E-state index is 14.4. The molecule has 1 amide bonds. The zero-order chi connectivity index (χ0) is 19.1. The van der Waals surface area contributed by atoms with Gasteiger partial charge >= 0.3 is 6.18 Å². The molecule has 1 heterocycles. The molecule has 0 saturated heterocycles. The van der Waals surface area contributed by atoms with Gasteiger partial charge in [-0.05, 0) is 47.5 Å². The molecule has 1 aromatic heterocycles. The van der Waals surface area contributed by atoms with Gasteiger partial charge in [-0.15, -0.1) is 12.4 Å². The minimum atomic E-state index is -4.50. The third kappa shape index (κ3) is 4.11. The van der Waals surface area contributed by atoms with E-state index in [0.29, 0.717) is 0 Å². The molecule has 0 aliphatic carbocycles. The molecule has 142 valence electrons. The zero-order valence-corrected chi connectivity index (χ0v) is 14.2. The van der Waals surface area contributed by atoms with Crippen molar-refractivity contribution in [3.8, 4) is 22.4 Å². The molecule has 3 N–H and O–H groups in total. The number of nitrogens with two attached hydrogens (primary N) is 1. The van der Waals surface area contributed by atoms with E-state index in [2.05, 4.69) is 4.98 Å². The molecule has 9 heteroatoms. The van der Waals surface area contributed by atoms with Gasteiger partial charge in [0.2, 0.25) is 0 Å². The Hall–Kier alpha value is -2.87. The predicted molar refractivity (Wildman–Crippen MR) is 92.3 cm³/mol. The van der Waals surface area contributed by atoms with Gasteiger partial charge in [0, 0.05) is 0 Å². The summed E-state index contributed by atoms with van der Waals surface area (Å²) >= 11 is 0. The van der Waals surface area contributed by atoms with E-state index in [1.807, 2.05) is 0 Å². The first kappa shape index (κ1) is 20.4. The van der Waals surface area contributed by atoms with E-state index in [0.717, 1.165) is 36.4 Å². The molecule has 27 heavy (non-hydrogen) atoms. The summed E-state index contributed by atoms with van der Waals surface area (Å²) in [5, 5.41) is 0. The second kappa shape index (κ2) is 7.40. The Morgan fingerprint density at radius 2 is 1.44 bits per heavy atom. The van der Waals surface area contributed by atoms with Crippen molar-refractivity contribution in [1.82, 2.24) is 4.98 Å². The average Bonchev–Trinajstić information content (AvgIpc) is 3.03. The minimum Gasteiger partial charge on any atom is -0.364 e. The summed E-state index contributed by atoms with van der Waals surface area (Å²) in [5.41, 5.74) is 4.16. The number of rotatable bonds is 3. The number of hydrogen-bond acceptors (Lipinski definition) is 1. The van der Waals surface area contributed by atoms with Gasteiger partial charge in [0.05, 0.1) is 16.8 Å². The van der Waals surface area contributed by atoms with Crippen molar-refractivity contribution in [2.24, 2.45) is 5.73 Å². The van der Waals surface area contributed by atoms with Gasteiger partial charge in [-0.3, -0.25) is 4.79 Å². The Morgan fingerprint density at radius 3 is 1.89 bits per heavy atom. The number of benzene rings is 2. The summed E-state index contributed by atoms with van der Waals surface area (Å²) < 4.78 is 66.6. The Morgan fingerprint density at radius 1 is 0.889 bits per heavy atom. The number of alkyl halides is 3. The van der Waals surface area contributed by atoms with Crippen LogP contribution in [0.15, 0.2) is 48.5 Å². The summed E-state index contributed by atoms with van der Waals surface area (Å²) in [4.78, 5) is 13.6. The molecule has 0 aliphatic heterocycles. The number of carbonyl (C=O) groups excluding carboxylic acids is 1. The van der Waals surface area contributed by atoms with Gasteiger partial charge in [0.15, 0.2) is 0 Å². The quantitative estimate of drug-likeness (QED) is 0.584. The number of primary amides is 1. The molecule has 0 unspecified atom stereocenters. The molecule has 3 nitrogen and oxygen atoms in total. The highest BCUT2D eigenvalue weighted by molar-refractivity contribution is 5.92. The van der Waals surface area contributed by atoms with Crippen LogP contribution >= 0.6 is 12.4 Å². The number of amides is 1. The lowest BCUT2D eigenvalue weighted by Crippen LogP contribution is -2.11. The lowest BCUT2D eigenvalue weighted by Gasteiger charge is -2.10. The zero-order valence-electron chi connectivity index (χ0n) is 13.4. The monoisotopic (exact) mass is 402 g/mol.